The third-order valence-electron chi connectivity index (χ3n) is 3.64. The van der Waals surface area contributed by atoms with Crippen molar-refractivity contribution < 1.29 is 13.5 Å². The average molecular weight is 293 g/mol. The first-order valence-corrected chi connectivity index (χ1v) is 6.90. The van der Waals surface area contributed by atoms with E-state index in [2.05, 4.69) is 16.9 Å². The summed E-state index contributed by atoms with van der Waals surface area (Å²) in [6.07, 6.45) is 3.56. The molecule has 1 atom stereocenters. The molecule has 1 aliphatic rings. The Morgan fingerprint density at radius 1 is 1.33 bits per heavy atom. The molecule has 0 saturated carbocycles. The number of aromatic nitrogens is 2. The van der Waals surface area contributed by atoms with Crippen molar-refractivity contribution in [1.82, 2.24) is 14.5 Å². The van der Waals surface area contributed by atoms with Gasteiger partial charge in [0.05, 0.1) is 19.3 Å². The Labute approximate surface area is 122 Å². The molecule has 2 heterocycles. The summed E-state index contributed by atoms with van der Waals surface area (Å²) in [5.41, 5.74) is 0.558. The monoisotopic (exact) mass is 293 g/mol. The van der Waals surface area contributed by atoms with E-state index in [9.17, 15) is 8.78 Å². The lowest BCUT2D eigenvalue weighted by molar-refractivity contribution is -0.0272. The van der Waals surface area contributed by atoms with Gasteiger partial charge in [0.15, 0.2) is 11.6 Å². The normalized spacial score (nSPS) is 19.9. The third-order valence-corrected chi connectivity index (χ3v) is 3.64. The van der Waals surface area contributed by atoms with Gasteiger partial charge in [0.1, 0.15) is 5.82 Å². The lowest BCUT2D eigenvalue weighted by Gasteiger charge is -2.30. The van der Waals surface area contributed by atoms with Crippen LogP contribution in [0.15, 0.2) is 30.6 Å². The highest BCUT2D eigenvalue weighted by Crippen LogP contribution is 2.21. The fraction of sp³-hybridized carbons (Fsp3) is 0.400. The number of hydrogen-bond acceptors (Lipinski definition) is 3. The molecule has 1 fully saturated rings. The summed E-state index contributed by atoms with van der Waals surface area (Å²) in [5.74, 6) is -1.10. The van der Waals surface area contributed by atoms with Crippen LogP contribution >= 0.6 is 0 Å². The van der Waals surface area contributed by atoms with Crippen molar-refractivity contribution in [3.8, 4) is 11.4 Å². The van der Waals surface area contributed by atoms with E-state index in [1.165, 1.54) is 12.1 Å². The lowest BCUT2D eigenvalue weighted by atomic mass is 10.2. The smallest absolute Gasteiger partial charge is 0.159 e. The summed E-state index contributed by atoms with van der Waals surface area (Å²) >= 11 is 0. The van der Waals surface area contributed by atoms with Crippen molar-refractivity contribution in [2.45, 2.75) is 12.6 Å². The van der Waals surface area contributed by atoms with E-state index in [0.717, 1.165) is 19.2 Å². The second kappa shape index (κ2) is 5.91. The van der Waals surface area contributed by atoms with Crippen LogP contribution in [0.3, 0.4) is 0 Å². The molecule has 112 valence electrons. The van der Waals surface area contributed by atoms with Crippen molar-refractivity contribution in [3.05, 3.63) is 42.2 Å². The molecule has 1 aromatic heterocycles. The number of nitrogens with zero attached hydrogens (tertiary/aromatic N) is 3. The van der Waals surface area contributed by atoms with Crippen molar-refractivity contribution >= 4 is 0 Å². The van der Waals surface area contributed by atoms with Crippen LogP contribution in [0.2, 0.25) is 0 Å². The number of rotatable bonds is 3. The van der Waals surface area contributed by atoms with Crippen molar-refractivity contribution in [1.29, 1.82) is 0 Å². The number of likely N-dealkylation sites (N-methyl/N-ethyl adjacent to an activating group) is 1. The predicted molar refractivity (Wildman–Crippen MR) is 74.8 cm³/mol. The number of morpholine rings is 1. The molecule has 0 aliphatic carbocycles. The van der Waals surface area contributed by atoms with Gasteiger partial charge >= 0.3 is 0 Å². The predicted octanol–water partition coefficient (Wildman–Crippen LogP) is 2.16. The molecule has 0 N–H and O–H groups in total. The number of benzene rings is 1. The Hall–Kier alpha value is -1.79. The fourth-order valence-corrected chi connectivity index (χ4v) is 2.55. The molecule has 3 rings (SSSR count). The Kier molecular flexibility index (Phi) is 3.98. The molecule has 21 heavy (non-hydrogen) atoms. The largest absolute Gasteiger partial charge is 0.374 e. The zero-order valence-corrected chi connectivity index (χ0v) is 11.8. The summed E-state index contributed by atoms with van der Waals surface area (Å²) in [5, 5.41) is 0. The van der Waals surface area contributed by atoms with E-state index < -0.39 is 11.6 Å². The molecule has 2 aromatic rings. The lowest BCUT2D eigenvalue weighted by Crippen LogP contribution is -2.41. The molecule has 6 heteroatoms. The minimum Gasteiger partial charge on any atom is -0.374 e. The second-order valence-corrected chi connectivity index (χ2v) is 5.29. The maximum atomic E-state index is 13.4. The van der Waals surface area contributed by atoms with Gasteiger partial charge in [-0.3, -0.25) is 0 Å². The quantitative estimate of drug-likeness (QED) is 0.869. The van der Waals surface area contributed by atoms with Crippen LogP contribution < -0.4 is 0 Å². The van der Waals surface area contributed by atoms with E-state index in [1.54, 1.807) is 6.20 Å². The average Bonchev–Trinajstić information content (AvgIpc) is 2.90. The van der Waals surface area contributed by atoms with Crippen LogP contribution in [-0.4, -0.2) is 47.3 Å². The summed E-state index contributed by atoms with van der Waals surface area (Å²) in [7, 11) is 2.06. The minimum atomic E-state index is -0.865. The third kappa shape index (κ3) is 3.11. The Bertz CT molecular complexity index is 629. The molecular formula is C15H17F2N3O. The molecule has 1 saturated heterocycles. The summed E-state index contributed by atoms with van der Waals surface area (Å²) in [6, 6.07) is 3.82. The topological polar surface area (TPSA) is 30.3 Å². The van der Waals surface area contributed by atoms with E-state index in [1.807, 2.05) is 10.8 Å². The SMILES string of the molecule is CN1CCOC(Cn2ccnc2-c2ccc(F)c(F)c2)C1. The Morgan fingerprint density at radius 3 is 2.95 bits per heavy atom. The van der Waals surface area contributed by atoms with Crippen LogP contribution in [0, 0.1) is 11.6 Å². The van der Waals surface area contributed by atoms with Crippen molar-refractivity contribution in [2.24, 2.45) is 0 Å². The molecule has 0 amide bonds. The highest BCUT2D eigenvalue weighted by molar-refractivity contribution is 5.55. The molecule has 1 aromatic carbocycles. The van der Waals surface area contributed by atoms with Crippen molar-refractivity contribution in [2.75, 3.05) is 26.7 Å². The van der Waals surface area contributed by atoms with Crippen LogP contribution in [0.4, 0.5) is 8.78 Å². The van der Waals surface area contributed by atoms with Crippen molar-refractivity contribution in [3.63, 3.8) is 0 Å². The van der Waals surface area contributed by atoms with Crippen LogP contribution in [0.5, 0.6) is 0 Å². The molecule has 1 aliphatic heterocycles. The van der Waals surface area contributed by atoms with Gasteiger partial charge in [-0.25, -0.2) is 13.8 Å². The first kappa shape index (κ1) is 14.2. The summed E-state index contributed by atoms with van der Waals surface area (Å²) < 4.78 is 34.0. The zero-order chi connectivity index (χ0) is 14.8. The van der Waals surface area contributed by atoms with Crippen LogP contribution in [0.1, 0.15) is 0 Å². The second-order valence-electron chi connectivity index (χ2n) is 5.29. The fourth-order valence-electron chi connectivity index (χ4n) is 2.55. The van der Waals surface area contributed by atoms with Gasteiger partial charge in [-0.15, -0.1) is 0 Å². The van der Waals surface area contributed by atoms with Crippen LogP contribution in [0.25, 0.3) is 11.4 Å². The number of hydrogen-bond donors (Lipinski definition) is 0. The summed E-state index contributed by atoms with van der Waals surface area (Å²) in [4.78, 5) is 6.46. The molecule has 1 unspecified atom stereocenters. The Morgan fingerprint density at radius 2 is 2.19 bits per heavy atom. The van der Waals surface area contributed by atoms with E-state index in [-0.39, 0.29) is 6.10 Å². The van der Waals surface area contributed by atoms with Gasteiger partial charge in [0, 0.05) is 31.0 Å². The molecule has 0 spiro atoms. The maximum absolute atomic E-state index is 13.4. The number of ether oxygens (including phenoxy) is 1. The molecular weight excluding hydrogens is 276 g/mol. The Balaban J connectivity index is 1.81. The number of halogens is 2. The summed E-state index contributed by atoms with van der Waals surface area (Å²) in [6.45, 7) is 3.11. The van der Waals surface area contributed by atoms with Gasteiger partial charge in [-0.2, -0.15) is 0 Å². The highest BCUT2D eigenvalue weighted by Gasteiger charge is 2.19. The number of imidazole rings is 1. The maximum Gasteiger partial charge on any atom is 0.159 e. The van der Waals surface area contributed by atoms with Gasteiger partial charge in [-0.1, -0.05) is 0 Å². The highest BCUT2D eigenvalue weighted by atomic mass is 19.2. The molecule has 4 nitrogen and oxygen atoms in total. The van der Waals surface area contributed by atoms with Crippen LogP contribution in [-0.2, 0) is 11.3 Å². The van der Waals surface area contributed by atoms with Gasteiger partial charge in [0.25, 0.3) is 0 Å². The van der Waals surface area contributed by atoms with E-state index >= 15 is 0 Å². The molecule has 0 bridgehead atoms. The first-order chi connectivity index (χ1) is 10.1. The van der Waals surface area contributed by atoms with Gasteiger partial charge in [0.2, 0.25) is 0 Å². The molecule has 0 radical (unpaired) electrons. The zero-order valence-electron chi connectivity index (χ0n) is 11.8. The van der Waals surface area contributed by atoms with E-state index in [4.69, 9.17) is 4.74 Å². The first-order valence-electron chi connectivity index (χ1n) is 6.90. The standard InChI is InChI=1S/C15H17F2N3O/c1-19-6-7-21-12(9-19)10-20-5-4-18-15(20)11-2-3-13(16)14(17)8-11/h2-5,8,12H,6-7,9-10H2,1H3. The van der Waals surface area contributed by atoms with Gasteiger partial charge < -0.3 is 14.2 Å². The van der Waals surface area contributed by atoms with E-state index in [0.29, 0.717) is 24.5 Å². The van der Waals surface area contributed by atoms with Gasteiger partial charge in [-0.05, 0) is 25.2 Å². The minimum absolute atomic E-state index is 0.0713.